The van der Waals surface area contributed by atoms with E-state index in [0.717, 1.165) is 18.7 Å². The van der Waals surface area contributed by atoms with E-state index in [9.17, 15) is 0 Å². The number of para-hydroxylation sites is 1. The van der Waals surface area contributed by atoms with Gasteiger partial charge < -0.3 is 18.7 Å². The first-order valence-electron chi connectivity index (χ1n) is 8.25. The van der Waals surface area contributed by atoms with Crippen LogP contribution in [0.2, 0.25) is 0 Å². The molecule has 0 amide bonds. The maximum Gasteiger partial charge on any atom is 0.328 e. The fraction of sp³-hybridized carbons (Fsp3) is 0.263. The molecule has 0 atom stereocenters. The van der Waals surface area contributed by atoms with Gasteiger partial charge in [-0.05, 0) is 30.2 Å². The Hall–Kier alpha value is -3.22. The number of rotatable bonds is 5. The van der Waals surface area contributed by atoms with E-state index in [1.165, 1.54) is 5.56 Å². The summed E-state index contributed by atoms with van der Waals surface area (Å²) in [7, 11) is 4.71. The zero-order valence-corrected chi connectivity index (χ0v) is 14.9. The number of aromatic nitrogens is 2. The van der Waals surface area contributed by atoms with Gasteiger partial charge >= 0.3 is 6.01 Å². The van der Waals surface area contributed by atoms with Crippen molar-refractivity contribution in [2.75, 3.05) is 32.8 Å². The summed E-state index contributed by atoms with van der Waals surface area (Å²) in [5.41, 5.74) is 3.05. The molecule has 0 fully saturated rings. The Balaban J connectivity index is 1.74. The van der Waals surface area contributed by atoms with Gasteiger partial charge in [0.25, 0.3) is 0 Å². The van der Waals surface area contributed by atoms with E-state index in [4.69, 9.17) is 18.7 Å². The minimum absolute atomic E-state index is 0.433. The molecule has 1 aromatic heterocycles. The first kappa shape index (κ1) is 16.3. The molecule has 0 bridgehead atoms. The molecule has 0 saturated carbocycles. The first-order valence-corrected chi connectivity index (χ1v) is 8.25. The lowest BCUT2D eigenvalue weighted by Gasteiger charge is -2.14. The van der Waals surface area contributed by atoms with Crippen molar-refractivity contribution < 1.29 is 18.7 Å². The number of anilines is 2. The first-order chi connectivity index (χ1) is 12.8. The fourth-order valence-corrected chi connectivity index (χ4v) is 3.25. The average Bonchev–Trinajstić information content (AvgIpc) is 3.33. The van der Waals surface area contributed by atoms with Crippen LogP contribution in [0, 0.1) is 0 Å². The molecule has 4 rings (SSSR count). The van der Waals surface area contributed by atoms with Gasteiger partial charge in [-0.25, -0.2) is 0 Å². The van der Waals surface area contributed by atoms with Crippen molar-refractivity contribution in [1.82, 2.24) is 10.1 Å². The molecule has 0 unspecified atom stereocenters. The Morgan fingerprint density at radius 3 is 2.54 bits per heavy atom. The molecule has 1 aliphatic rings. The maximum atomic E-state index is 5.53. The number of fused-ring (bicyclic) bond motifs is 1. The molecular weight excluding hydrogens is 334 g/mol. The SMILES string of the molecule is COc1ccc(-c2noc(N3CCc4ccccc43)n2)c(OC)c1OC. The van der Waals surface area contributed by atoms with Crippen LogP contribution in [-0.2, 0) is 6.42 Å². The van der Waals surface area contributed by atoms with Crippen LogP contribution in [0.15, 0.2) is 40.9 Å². The Bertz CT molecular complexity index is 938. The molecule has 7 nitrogen and oxygen atoms in total. The lowest BCUT2D eigenvalue weighted by Crippen LogP contribution is -2.13. The van der Waals surface area contributed by atoms with Crippen molar-refractivity contribution >= 4 is 11.7 Å². The molecular formula is C19H19N3O4. The van der Waals surface area contributed by atoms with E-state index in [1.54, 1.807) is 27.4 Å². The third kappa shape index (κ3) is 2.52. The maximum absolute atomic E-state index is 5.53. The van der Waals surface area contributed by atoms with Gasteiger partial charge in [0.2, 0.25) is 11.6 Å². The normalized spacial score (nSPS) is 12.8. The number of hydrogen-bond acceptors (Lipinski definition) is 7. The predicted octanol–water partition coefficient (Wildman–Crippen LogP) is 3.46. The van der Waals surface area contributed by atoms with E-state index in [-0.39, 0.29) is 0 Å². The summed E-state index contributed by atoms with van der Waals surface area (Å²) in [6.07, 6.45) is 0.952. The van der Waals surface area contributed by atoms with Crippen LogP contribution in [0.25, 0.3) is 11.4 Å². The van der Waals surface area contributed by atoms with Gasteiger partial charge in [-0.2, -0.15) is 4.98 Å². The van der Waals surface area contributed by atoms with Gasteiger partial charge in [-0.3, -0.25) is 4.90 Å². The molecule has 26 heavy (non-hydrogen) atoms. The standard InChI is InChI=1S/C19H19N3O4/c1-23-15-9-8-13(16(24-2)17(15)25-3)18-20-19(26-21-18)22-11-10-12-6-4-5-7-14(12)22/h4-9H,10-11H2,1-3H3. The van der Waals surface area contributed by atoms with Crippen molar-refractivity contribution in [3.05, 3.63) is 42.0 Å². The van der Waals surface area contributed by atoms with E-state index in [1.807, 2.05) is 23.1 Å². The summed E-state index contributed by atoms with van der Waals surface area (Å²) in [6.45, 7) is 0.810. The van der Waals surface area contributed by atoms with Crippen molar-refractivity contribution in [2.24, 2.45) is 0 Å². The zero-order valence-electron chi connectivity index (χ0n) is 14.9. The van der Waals surface area contributed by atoms with Crippen LogP contribution < -0.4 is 19.1 Å². The third-order valence-corrected chi connectivity index (χ3v) is 4.48. The van der Waals surface area contributed by atoms with Crippen LogP contribution in [0.5, 0.6) is 17.2 Å². The highest BCUT2D eigenvalue weighted by molar-refractivity contribution is 5.73. The van der Waals surface area contributed by atoms with E-state index < -0.39 is 0 Å². The fourth-order valence-electron chi connectivity index (χ4n) is 3.25. The minimum Gasteiger partial charge on any atom is -0.493 e. The van der Waals surface area contributed by atoms with E-state index in [0.29, 0.717) is 34.7 Å². The summed E-state index contributed by atoms with van der Waals surface area (Å²) >= 11 is 0. The highest BCUT2D eigenvalue weighted by Crippen LogP contribution is 2.44. The topological polar surface area (TPSA) is 69.9 Å². The molecule has 0 aliphatic carbocycles. The largest absolute Gasteiger partial charge is 0.493 e. The van der Waals surface area contributed by atoms with Gasteiger partial charge in [-0.15, -0.1) is 0 Å². The number of hydrogen-bond donors (Lipinski definition) is 0. The van der Waals surface area contributed by atoms with Crippen molar-refractivity contribution in [3.8, 4) is 28.6 Å². The lowest BCUT2D eigenvalue weighted by molar-refractivity contribution is 0.325. The Labute approximate surface area is 151 Å². The highest BCUT2D eigenvalue weighted by Gasteiger charge is 2.26. The highest BCUT2D eigenvalue weighted by atomic mass is 16.5. The molecule has 1 aliphatic heterocycles. The molecule has 0 radical (unpaired) electrons. The van der Waals surface area contributed by atoms with Crippen LogP contribution in [0.3, 0.4) is 0 Å². The third-order valence-electron chi connectivity index (χ3n) is 4.48. The lowest BCUT2D eigenvalue weighted by atomic mass is 10.1. The average molecular weight is 353 g/mol. The molecule has 134 valence electrons. The van der Waals surface area contributed by atoms with Crippen LogP contribution in [0.4, 0.5) is 11.7 Å². The monoisotopic (exact) mass is 353 g/mol. The number of benzene rings is 2. The number of ether oxygens (including phenoxy) is 3. The Morgan fingerprint density at radius 1 is 0.962 bits per heavy atom. The van der Waals surface area contributed by atoms with Gasteiger partial charge in [0, 0.05) is 12.2 Å². The van der Waals surface area contributed by atoms with E-state index in [2.05, 4.69) is 22.3 Å². The van der Waals surface area contributed by atoms with E-state index >= 15 is 0 Å². The summed E-state index contributed by atoms with van der Waals surface area (Å²) in [4.78, 5) is 6.60. The van der Waals surface area contributed by atoms with Crippen LogP contribution >= 0.6 is 0 Å². The second kappa shape index (κ2) is 6.59. The molecule has 3 aromatic rings. The Kier molecular flexibility index (Phi) is 4.12. The number of nitrogens with zero attached hydrogens (tertiary/aromatic N) is 3. The van der Waals surface area contributed by atoms with Crippen molar-refractivity contribution in [3.63, 3.8) is 0 Å². The molecule has 2 heterocycles. The second-order valence-electron chi connectivity index (χ2n) is 5.81. The van der Waals surface area contributed by atoms with Gasteiger partial charge in [0.05, 0.1) is 26.9 Å². The smallest absolute Gasteiger partial charge is 0.328 e. The summed E-state index contributed by atoms with van der Waals surface area (Å²) < 4.78 is 21.8. The molecule has 0 N–H and O–H groups in total. The van der Waals surface area contributed by atoms with Gasteiger partial charge in [-0.1, -0.05) is 23.4 Å². The van der Waals surface area contributed by atoms with Crippen LogP contribution in [-0.4, -0.2) is 38.0 Å². The predicted molar refractivity (Wildman–Crippen MR) is 96.5 cm³/mol. The van der Waals surface area contributed by atoms with Gasteiger partial charge in [0.15, 0.2) is 11.5 Å². The molecule has 7 heteroatoms. The van der Waals surface area contributed by atoms with Crippen molar-refractivity contribution in [2.45, 2.75) is 6.42 Å². The number of methoxy groups -OCH3 is 3. The Morgan fingerprint density at radius 2 is 1.77 bits per heavy atom. The summed E-state index contributed by atoms with van der Waals surface area (Å²) in [5, 5.41) is 4.14. The second-order valence-corrected chi connectivity index (χ2v) is 5.81. The summed E-state index contributed by atoms with van der Waals surface area (Å²) in [5.74, 6) is 2.00. The summed E-state index contributed by atoms with van der Waals surface area (Å²) in [6, 6.07) is 12.3. The van der Waals surface area contributed by atoms with Gasteiger partial charge in [0.1, 0.15) is 0 Å². The molecule has 0 spiro atoms. The molecule has 2 aromatic carbocycles. The van der Waals surface area contributed by atoms with Crippen molar-refractivity contribution in [1.29, 1.82) is 0 Å². The zero-order chi connectivity index (χ0) is 18.1. The molecule has 0 saturated heterocycles. The quantitative estimate of drug-likeness (QED) is 0.696. The minimum atomic E-state index is 0.433. The van der Waals surface area contributed by atoms with Crippen LogP contribution in [0.1, 0.15) is 5.56 Å².